The van der Waals surface area contributed by atoms with Gasteiger partial charge in [0.2, 0.25) is 5.95 Å². The van der Waals surface area contributed by atoms with E-state index in [9.17, 15) is 0 Å². The lowest BCUT2D eigenvalue weighted by Crippen LogP contribution is -2.02. The Morgan fingerprint density at radius 3 is 2.43 bits per heavy atom. The highest BCUT2D eigenvalue weighted by Crippen LogP contribution is 2.25. The maximum atomic E-state index is 6.17. The van der Waals surface area contributed by atoms with Crippen molar-refractivity contribution >= 4 is 50.7 Å². The van der Waals surface area contributed by atoms with Crippen LogP contribution in [-0.4, -0.2) is 9.97 Å². The van der Waals surface area contributed by atoms with Crippen molar-refractivity contribution < 1.29 is 0 Å². The van der Waals surface area contributed by atoms with Gasteiger partial charge in [-0.05, 0) is 43.3 Å². The zero-order valence-corrected chi connectivity index (χ0v) is 14.7. The highest BCUT2D eigenvalue weighted by molar-refractivity contribution is 9.10. The number of rotatable bonds is 4. The molecule has 2 N–H and O–H groups in total. The standard InChI is InChI=1S/C17H14BrClN4/c1-11-10-16(22-15-5-3-2-4-14(15)19)23-17(20-11)21-13-8-6-12(18)7-9-13/h2-10H,1H3,(H2,20,21,22,23). The van der Waals surface area contributed by atoms with Gasteiger partial charge in [0, 0.05) is 21.9 Å². The summed E-state index contributed by atoms with van der Waals surface area (Å²) in [5, 5.41) is 7.06. The molecule has 4 nitrogen and oxygen atoms in total. The molecule has 0 fully saturated rings. The van der Waals surface area contributed by atoms with E-state index in [0.29, 0.717) is 16.8 Å². The first-order valence-electron chi connectivity index (χ1n) is 7.00. The van der Waals surface area contributed by atoms with E-state index in [1.54, 1.807) is 0 Å². The van der Waals surface area contributed by atoms with E-state index >= 15 is 0 Å². The molecule has 0 aliphatic rings. The average Bonchev–Trinajstić information content (AvgIpc) is 2.51. The summed E-state index contributed by atoms with van der Waals surface area (Å²) in [7, 11) is 0. The Balaban J connectivity index is 1.84. The van der Waals surface area contributed by atoms with Crippen LogP contribution in [0.4, 0.5) is 23.1 Å². The van der Waals surface area contributed by atoms with Gasteiger partial charge in [-0.2, -0.15) is 4.98 Å². The van der Waals surface area contributed by atoms with Gasteiger partial charge < -0.3 is 10.6 Å². The van der Waals surface area contributed by atoms with Crippen molar-refractivity contribution in [1.82, 2.24) is 9.97 Å². The lowest BCUT2D eigenvalue weighted by molar-refractivity contribution is 1.11. The molecule has 1 heterocycles. The topological polar surface area (TPSA) is 49.8 Å². The Morgan fingerprint density at radius 1 is 0.957 bits per heavy atom. The van der Waals surface area contributed by atoms with Gasteiger partial charge in [-0.1, -0.05) is 39.7 Å². The SMILES string of the molecule is Cc1cc(Nc2ccccc2Cl)nc(Nc2ccc(Br)cc2)n1. The molecule has 116 valence electrons. The summed E-state index contributed by atoms with van der Waals surface area (Å²) in [5.41, 5.74) is 2.58. The number of nitrogens with one attached hydrogen (secondary N) is 2. The molecule has 0 radical (unpaired) electrons. The zero-order chi connectivity index (χ0) is 16.2. The molecule has 0 saturated heterocycles. The van der Waals surface area contributed by atoms with Crippen molar-refractivity contribution in [2.24, 2.45) is 0 Å². The summed E-state index contributed by atoms with van der Waals surface area (Å²) in [5.74, 6) is 1.21. The smallest absolute Gasteiger partial charge is 0.229 e. The normalized spacial score (nSPS) is 10.4. The van der Waals surface area contributed by atoms with Crippen LogP contribution in [0.3, 0.4) is 0 Å². The molecule has 0 saturated carbocycles. The number of hydrogen-bond acceptors (Lipinski definition) is 4. The minimum Gasteiger partial charge on any atom is -0.339 e. The predicted molar refractivity (Wildman–Crippen MR) is 98.9 cm³/mol. The second kappa shape index (κ2) is 6.98. The summed E-state index contributed by atoms with van der Waals surface area (Å²) in [4.78, 5) is 8.89. The van der Waals surface area contributed by atoms with Crippen LogP contribution in [-0.2, 0) is 0 Å². The number of nitrogens with zero attached hydrogens (tertiary/aromatic N) is 2. The number of halogens is 2. The summed E-state index contributed by atoms with van der Waals surface area (Å²) in [6.07, 6.45) is 0. The van der Waals surface area contributed by atoms with E-state index in [0.717, 1.165) is 21.5 Å². The van der Waals surface area contributed by atoms with Crippen LogP contribution in [0.25, 0.3) is 0 Å². The molecule has 0 unspecified atom stereocenters. The van der Waals surface area contributed by atoms with Crippen LogP contribution in [0.5, 0.6) is 0 Å². The van der Waals surface area contributed by atoms with Gasteiger partial charge in [0.1, 0.15) is 5.82 Å². The first-order chi connectivity index (χ1) is 11.1. The maximum Gasteiger partial charge on any atom is 0.229 e. The van der Waals surface area contributed by atoms with Gasteiger partial charge in [0.25, 0.3) is 0 Å². The average molecular weight is 390 g/mol. The fourth-order valence-corrected chi connectivity index (χ4v) is 2.50. The van der Waals surface area contributed by atoms with Crippen molar-refractivity contribution in [2.45, 2.75) is 6.92 Å². The maximum absolute atomic E-state index is 6.17. The van der Waals surface area contributed by atoms with Crippen molar-refractivity contribution in [3.63, 3.8) is 0 Å². The Morgan fingerprint density at radius 2 is 1.70 bits per heavy atom. The van der Waals surface area contributed by atoms with Gasteiger partial charge >= 0.3 is 0 Å². The predicted octanol–water partition coefficient (Wildman–Crippen LogP) is 5.69. The van der Waals surface area contributed by atoms with Crippen molar-refractivity contribution in [1.29, 1.82) is 0 Å². The molecule has 0 bridgehead atoms. The Labute approximate surface area is 148 Å². The largest absolute Gasteiger partial charge is 0.339 e. The Hall–Kier alpha value is -2.11. The molecule has 0 aliphatic heterocycles. The lowest BCUT2D eigenvalue weighted by atomic mass is 10.3. The van der Waals surface area contributed by atoms with Crippen molar-refractivity contribution in [2.75, 3.05) is 10.6 Å². The molecule has 1 aromatic heterocycles. The van der Waals surface area contributed by atoms with Gasteiger partial charge in [0.05, 0.1) is 10.7 Å². The van der Waals surface area contributed by atoms with E-state index < -0.39 is 0 Å². The fourth-order valence-electron chi connectivity index (χ4n) is 2.05. The molecule has 2 aromatic carbocycles. The summed E-state index contributed by atoms with van der Waals surface area (Å²) < 4.78 is 1.02. The number of aromatic nitrogens is 2. The Bertz CT molecular complexity index is 821. The highest BCUT2D eigenvalue weighted by Gasteiger charge is 2.05. The third kappa shape index (κ3) is 4.21. The van der Waals surface area contributed by atoms with E-state index in [1.807, 2.05) is 61.5 Å². The molecule has 3 rings (SSSR count). The highest BCUT2D eigenvalue weighted by atomic mass is 79.9. The molecular weight excluding hydrogens is 376 g/mol. The number of para-hydroxylation sites is 1. The van der Waals surface area contributed by atoms with Gasteiger partial charge in [-0.15, -0.1) is 0 Å². The molecule has 0 spiro atoms. The molecule has 23 heavy (non-hydrogen) atoms. The molecule has 6 heteroatoms. The molecule has 0 atom stereocenters. The first-order valence-corrected chi connectivity index (χ1v) is 8.17. The van der Waals surface area contributed by atoms with E-state index in [2.05, 4.69) is 36.5 Å². The molecule has 3 aromatic rings. The second-order valence-electron chi connectivity index (χ2n) is 4.95. The second-order valence-corrected chi connectivity index (χ2v) is 6.28. The van der Waals surface area contributed by atoms with E-state index in [1.165, 1.54) is 0 Å². The van der Waals surface area contributed by atoms with Crippen LogP contribution in [0.2, 0.25) is 5.02 Å². The fraction of sp³-hybridized carbons (Fsp3) is 0.0588. The van der Waals surface area contributed by atoms with Crippen molar-refractivity contribution in [3.05, 3.63) is 69.8 Å². The quantitative estimate of drug-likeness (QED) is 0.602. The molecule has 0 aliphatic carbocycles. The minimum atomic E-state index is 0.530. The number of hydrogen-bond donors (Lipinski definition) is 2. The van der Waals surface area contributed by atoms with Gasteiger partial charge in [-0.3, -0.25) is 0 Å². The number of aryl methyl sites for hydroxylation is 1. The summed E-state index contributed by atoms with van der Waals surface area (Å²) in [6.45, 7) is 1.92. The molecular formula is C17H14BrClN4. The van der Waals surface area contributed by atoms with Gasteiger partial charge in [0.15, 0.2) is 0 Å². The third-order valence-corrected chi connectivity index (χ3v) is 3.95. The van der Waals surface area contributed by atoms with Crippen LogP contribution in [0.15, 0.2) is 59.1 Å². The number of benzene rings is 2. The molecule has 0 amide bonds. The Kier molecular flexibility index (Phi) is 4.79. The van der Waals surface area contributed by atoms with Crippen LogP contribution >= 0.6 is 27.5 Å². The van der Waals surface area contributed by atoms with Crippen LogP contribution < -0.4 is 10.6 Å². The van der Waals surface area contributed by atoms with E-state index in [-0.39, 0.29) is 0 Å². The minimum absolute atomic E-state index is 0.530. The van der Waals surface area contributed by atoms with Gasteiger partial charge in [-0.25, -0.2) is 4.98 Å². The van der Waals surface area contributed by atoms with Crippen molar-refractivity contribution in [3.8, 4) is 0 Å². The summed E-state index contributed by atoms with van der Waals surface area (Å²) in [6, 6.07) is 17.2. The lowest BCUT2D eigenvalue weighted by Gasteiger charge is -2.11. The van der Waals surface area contributed by atoms with E-state index in [4.69, 9.17) is 11.6 Å². The van der Waals surface area contributed by atoms with Crippen LogP contribution in [0.1, 0.15) is 5.69 Å². The zero-order valence-electron chi connectivity index (χ0n) is 12.3. The number of anilines is 4. The summed E-state index contributed by atoms with van der Waals surface area (Å²) >= 11 is 9.59. The monoisotopic (exact) mass is 388 g/mol. The first kappa shape index (κ1) is 15.8. The third-order valence-electron chi connectivity index (χ3n) is 3.09. The van der Waals surface area contributed by atoms with Crippen LogP contribution in [0, 0.1) is 6.92 Å².